The third-order valence-electron chi connectivity index (χ3n) is 5.81. The molecule has 2 unspecified atom stereocenters. The molecule has 0 bridgehead atoms. The molecule has 1 saturated heterocycles. The number of amides is 1. The van der Waals surface area contributed by atoms with E-state index in [-0.39, 0.29) is 36.1 Å². The van der Waals surface area contributed by atoms with Gasteiger partial charge < -0.3 is 14.2 Å². The number of likely N-dealkylation sites (tertiary alicyclic amines) is 1. The second-order valence-corrected chi connectivity index (χ2v) is 7.79. The van der Waals surface area contributed by atoms with Crippen molar-refractivity contribution in [2.75, 3.05) is 6.54 Å². The number of ether oxygens (including phenoxy) is 1. The van der Waals surface area contributed by atoms with E-state index in [1.54, 1.807) is 6.92 Å². The summed E-state index contributed by atoms with van der Waals surface area (Å²) < 4.78 is 9.18. The van der Waals surface area contributed by atoms with Gasteiger partial charge in [0, 0.05) is 33.2 Å². The molecule has 30 heavy (non-hydrogen) atoms. The van der Waals surface area contributed by atoms with Crippen LogP contribution in [0.3, 0.4) is 0 Å². The Hall–Kier alpha value is -2.91. The Labute approximate surface area is 174 Å². The zero-order chi connectivity index (χ0) is 22.0. The van der Waals surface area contributed by atoms with Gasteiger partial charge in [0.2, 0.25) is 0 Å². The third-order valence-corrected chi connectivity index (χ3v) is 5.81. The van der Waals surface area contributed by atoms with Crippen molar-refractivity contribution in [1.82, 2.24) is 23.6 Å². The first kappa shape index (κ1) is 21.8. The van der Waals surface area contributed by atoms with E-state index in [1.807, 2.05) is 4.90 Å². The van der Waals surface area contributed by atoms with Gasteiger partial charge in [-0.25, -0.2) is 9.78 Å². The standard InChI is InChI=1S/C20H29N5O5/c1-5-14-8-6-7-10-25(14)18(27)13(2)30-15(26)9-11-24-12-21-17-16(24)19(28)23(4)20(29)22(17)3/h12-14H,5-11H2,1-4H3. The number of esters is 1. The van der Waals surface area contributed by atoms with E-state index >= 15 is 0 Å². The van der Waals surface area contributed by atoms with Crippen LogP contribution in [0.15, 0.2) is 15.9 Å². The van der Waals surface area contributed by atoms with Gasteiger partial charge in [0.15, 0.2) is 17.3 Å². The van der Waals surface area contributed by atoms with Crippen molar-refractivity contribution >= 4 is 23.0 Å². The number of imidazole rings is 1. The van der Waals surface area contributed by atoms with Gasteiger partial charge in [-0.05, 0) is 32.6 Å². The Morgan fingerprint density at radius 1 is 1.23 bits per heavy atom. The molecule has 10 heteroatoms. The van der Waals surface area contributed by atoms with Crippen molar-refractivity contribution in [1.29, 1.82) is 0 Å². The normalized spacial score (nSPS) is 17.9. The summed E-state index contributed by atoms with van der Waals surface area (Å²) in [7, 11) is 2.93. The van der Waals surface area contributed by atoms with Gasteiger partial charge >= 0.3 is 11.7 Å². The van der Waals surface area contributed by atoms with Crippen molar-refractivity contribution in [2.24, 2.45) is 14.1 Å². The summed E-state index contributed by atoms with van der Waals surface area (Å²) in [6.45, 7) is 4.51. The van der Waals surface area contributed by atoms with Crippen LogP contribution < -0.4 is 11.2 Å². The van der Waals surface area contributed by atoms with Crippen LogP contribution in [0.1, 0.15) is 46.0 Å². The van der Waals surface area contributed by atoms with Gasteiger partial charge in [0.05, 0.1) is 12.7 Å². The first-order chi connectivity index (χ1) is 14.3. The molecule has 0 aliphatic carbocycles. The highest BCUT2D eigenvalue weighted by Crippen LogP contribution is 2.21. The van der Waals surface area contributed by atoms with E-state index in [0.29, 0.717) is 6.54 Å². The monoisotopic (exact) mass is 419 g/mol. The van der Waals surface area contributed by atoms with Crippen LogP contribution in [0.25, 0.3) is 11.2 Å². The number of hydrogen-bond acceptors (Lipinski definition) is 6. The van der Waals surface area contributed by atoms with E-state index < -0.39 is 23.3 Å². The highest BCUT2D eigenvalue weighted by Gasteiger charge is 2.30. The maximum absolute atomic E-state index is 12.7. The number of aryl methyl sites for hydroxylation is 2. The molecule has 1 aliphatic rings. The lowest BCUT2D eigenvalue weighted by Gasteiger charge is -2.36. The van der Waals surface area contributed by atoms with Crippen LogP contribution in [0.2, 0.25) is 0 Å². The van der Waals surface area contributed by atoms with Crippen molar-refractivity contribution in [3.05, 3.63) is 27.2 Å². The molecule has 1 fully saturated rings. The molecule has 1 aliphatic heterocycles. The van der Waals surface area contributed by atoms with Crippen LogP contribution in [0, 0.1) is 0 Å². The average molecular weight is 419 g/mol. The molecule has 0 N–H and O–H groups in total. The first-order valence-electron chi connectivity index (χ1n) is 10.4. The Kier molecular flexibility index (Phi) is 6.42. The smallest absolute Gasteiger partial charge is 0.332 e. The minimum absolute atomic E-state index is 0.0215. The van der Waals surface area contributed by atoms with Crippen LogP contribution in [-0.4, -0.2) is 54.2 Å². The molecule has 1 amide bonds. The molecular weight excluding hydrogens is 390 g/mol. The molecule has 2 aromatic heterocycles. The molecule has 0 radical (unpaired) electrons. The van der Waals surface area contributed by atoms with Crippen LogP contribution in [0.5, 0.6) is 0 Å². The quantitative estimate of drug-likeness (QED) is 0.633. The third kappa shape index (κ3) is 4.03. The predicted molar refractivity (Wildman–Crippen MR) is 110 cm³/mol. The Morgan fingerprint density at radius 2 is 1.97 bits per heavy atom. The largest absolute Gasteiger partial charge is 0.452 e. The van der Waals surface area contributed by atoms with Gasteiger partial charge in [-0.1, -0.05) is 6.92 Å². The lowest BCUT2D eigenvalue weighted by molar-refractivity contribution is -0.161. The van der Waals surface area contributed by atoms with Crippen LogP contribution in [0.4, 0.5) is 0 Å². The van der Waals surface area contributed by atoms with Gasteiger partial charge in [0.25, 0.3) is 11.5 Å². The van der Waals surface area contributed by atoms with E-state index in [4.69, 9.17) is 4.74 Å². The van der Waals surface area contributed by atoms with Crippen LogP contribution in [-0.2, 0) is 35.0 Å². The van der Waals surface area contributed by atoms with E-state index in [2.05, 4.69) is 11.9 Å². The molecule has 164 valence electrons. The highest BCUT2D eigenvalue weighted by molar-refractivity contribution is 5.84. The fraction of sp³-hybridized carbons (Fsp3) is 0.650. The molecule has 3 heterocycles. The maximum atomic E-state index is 12.7. The zero-order valence-corrected chi connectivity index (χ0v) is 18.0. The highest BCUT2D eigenvalue weighted by atomic mass is 16.5. The van der Waals surface area contributed by atoms with Crippen molar-refractivity contribution < 1.29 is 14.3 Å². The predicted octanol–water partition coefficient (Wildman–Crippen LogP) is 0.547. The number of carbonyl (C=O) groups is 2. The summed E-state index contributed by atoms with van der Waals surface area (Å²) in [4.78, 5) is 55.5. The number of fused-ring (bicyclic) bond motifs is 1. The van der Waals surface area contributed by atoms with Gasteiger partial charge in [-0.15, -0.1) is 0 Å². The van der Waals surface area contributed by atoms with Gasteiger partial charge in [-0.2, -0.15) is 0 Å². The number of carbonyl (C=O) groups excluding carboxylic acids is 2. The second kappa shape index (κ2) is 8.85. The molecule has 2 atom stereocenters. The zero-order valence-electron chi connectivity index (χ0n) is 18.0. The molecule has 0 aromatic carbocycles. The molecule has 2 aromatic rings. The fourth-order valence-corrected chi connectivity index (χ4v) is 4.03. The minimum atomic E-state index is -0.849. The van der Waals surface area contributed by atoms with E-state index in [0.717, 1.165) is 30.3 Å². The fourth-order valence-electron chi connectivity index (χ4n) is 4.03. The molecular formula is C20H29N5O5. The number of rotatable bonds is 6. The second-order valence-electron chi connectivity index (χ2n) is 7.79. The van der Waals surface area contributed by atoms with Crippen molar-refractivity contribution in [3.8, 4) is 0 Å². The molecule has 3 rings (SSSR count). The van der Waals surface area contributed by atoms with Crippen molar-refractivity contribution in [2.45, 2.75) is 64.6 Å². The maximum Gasteiger partial charge on any atom is 0.332 e. The van der Waals surface area contributed by atoms with Crippen molar-refractivity contribution in [3.63, 3.8) is 0 Å². The topological polar surface area (TPSA) is 108 Å². The summed E-state index contributed by atoms with van der Waals surface area (Å²) in [5.74, 6) is -0.684. The van der Waals surface area contributed by atoms with Gasteiger partial charge in [0.1, 0.15) is 0 Å². The Balaban J connectivity index is 1.66. The number of piperidine rings is 1. The average Bonchev–Trinajstić information content (AvgIpc) is 3.18. The number of aromatic nitrogens is 4. The molecule has 0 spiro atoms. The minimum Gasteiger partial charge on any atom is -0.452 e. The number of nitrogens with zero attached hydrogens (tertiary/aromatic N) is 5. The Bertz CT molecular complexity index is 1070. The summed E-state index contributed by atoms with van der Waals surface area (Å²) >= 11 is 0. The lowest BCUT2D eigenvalue weighted by atomic mass is 9.99. The van der Waals surface area contributed by atoms with E-state index in [9.17, 15) is 19.2 Å². The van der Waals surface area contributed by atoms with E-state index in [1.165, 1.54) is 29.6 Å². The Morgan fingerprint density at radius 3 is 2.67 bits per heavy atom. The summed E-state index contributed by atoms with van der Waals surface area (Å²) in [6, 6.07) is 0.201. The molecule has 10 nitrogen and oxygen atoms in total. The summed E-state index contributed by atoms with van der Waals surface area (Å²) in [5, 5.41) is 0. The summed E-state index contributed by atoms with van der Waals surface area (Å²) in [5.41, 5.74) is -0.433. The SMILES string of the molecule is CCC1CCCCN1C(=O)C(C)OC(=O)CCn1cnc2c1c(=O)n(C)c(=O)n2C. The summed E-state index contributed by atoms with van der Waals surface area (Å²) in [6.07, 6.45) is 4.50. The first-order valence-corrected chi connectivity index (χ1v) is 10.4. The number of hydrogen-bond donors (Lipinski definition) is 0. The lowest BCUT2D eigenvalue weighted by Crippen LogP contribution is -2.48. The van der Waals surface area contributed by atoms with Gasteiger partial charge in [-0.3, -0.25) is 23.5 Å². The van der Waals surface area contributed by atoms with Crippen LogP contribution >= 0.6 is 0 Å². The molecule has 0 saturated carbocycles.